The zero-order valence-electron chi connectivity index (χ0n) is 15.1. The van der Waals surface area contributed by atoms with Gasteiger partial charge in [0.2, 0.25) is 5.95 Å². The molecule has 1 saturated heterocycles. The molecular weight excluding hydrogens is 332 g/mol. The minimum absolute atomic E-state index is 0.210. The Kier molecular flexibility index (Phi) is 5.50. The van der Waals surface area contributed by atoms with Gasteiger partial charge in [-0.2, -0.15) is 4.98 Å². The number of pyridine rings is 1. The summed E-state index contributed by atoms with van der Waals surface area (Å²) >= 11 is 0. The Morgan fingerprint density at radius 3 is 2.69 bits per heavy atom. The predicted molar refractivity (Wildman–Crippen MR) is 99.3 cm³/mol. The summed E-state index contributed by atoms with van der Waals surface area (Å²) in [7, 11) is 0. The van der Waals surface area contributed by atoms with Gasteiger partial charge in [0, 0.05) is 36.6 Å². The van der Waals surface area contributed by atoms with Gasteiger partial charge < -0.3 is 20.6 Å². The topological polar surface area (TPSA) is 103 Å². The van der Waals surface area contributed by atoms with E-state index >= 15 is 0 Å². The maximum atomic E-state index is 11.0. The molecule has 3 rings (SSSR count). The van der Waals surface area contributed by atoms with Crippen LogP contribution in [0.25, 0.3) is 0 Å². The molecule has 1 amide bonds. The number of nitrogens with one attached hydrogen (secondary N) is 2. The number of piperidine rings is 1. The number of hydrogen-bond donors (Lipinski definition) is 3. The highest BCUT2D eigenvalue weighted by Gasteiger charge is 2.23. The van der Waals surface area contributed by atoms with Crippen LogP contribution in [0.5, 0.6) is 0 Å². The third-order valence-corrected chi connectivity index (χ3v) is 4.65. The summed E-state index contributed by atoms with van der Waals surface area (Å²) in [6.07, 6.45) is 2.45. The van der Waals surface area contributed by atoms with E-state index in [2.05, 4.69) is 25.6 Å². The van der Waals surface area contributed by atoms with Crippen molar-refractivity contribution in [2.75, 3.05) is 23.7 Å². The Morgan fingerprint density at radius 1 is 1.27 bits per heavy atom. The van der Waals surface area contributed by atoms with E-state index in [1.54, 1.807) is 6.20 Å². The molecule has 138 valence electrons. The zero-order valence-corrected chi connectivity index (χ0v) is 15.1. The molecular formula is C18H24N6O2. The first-order valence-electron chi connectivity index (χ1n) is 8.76. The van der Waals surface area contributed by atoms with Crippen LogP contribution >= 0.6 is 0 Å². The molecule has 0 radical (unpaired) electrons. The number of aromatic nitrogens is 3. The second-order valence-electron chi connectivity index (χ2n) is 6.47. The number of anilines is 2. The molecule has 0 aromatic carbocycles. The fraction of sp³-hybridized carbons (Fsp3) is 0.444. The molecule has 0 bridgehead atoms. The molecule has 0 atom stereocenters. The van der Waals surface area contributed by atoms with Gasteiger partial charge in [0.15, 0.2) is 0 Å². The zero-order chi connectivity index (χ0) is 18.5. The number of amides is 1. The molecule has 26 heavy (non-hydrogen) atoms. The van der Waals surface area contributed by atoms with Crippen molar-refractivity contribution in [1.29, 1.82) is 0 Å². The van der Waals surface area contributed by atoms with Crippen molar-refractivity contribution < 1.29 is 9.90 Å². The number of carbonyl (C=O) groups is 1. The van der Waals surface area contributed by atoms with Crippen molar-refractivity contribution in [3.63, 3.8) is 0 Å². The van der Waals surface area contributed by atoms with Gasteiger partial charge in [-0.3, -0.25) is 4.98 Å². The van der Waals surface area contributed by atoms with Crippen LogP contribution in [0, 0.1) is 13.8 Å². The first-order valence-corrected chi connectivity index (χ1v) is 8.76. The van der Waals surface area contributed by atoms with Gasteiger partial charge in [-0.1, -0.05) is 6.07 Å². The molecule has 2 aromatic rings. The molecule has 8 nitrogen and oxygen atoms in total. The summed E-state index contributed by atoms with van der Waals surface area (Å²) < 4.78 is 0. The van der Waals surface area contributed by atoms with E-state index in [0.29, 0.717) is 25.6 Å². The fourth-order valence-corrected chi connectivity index (χ4v) is 2.93. The van der Waals surface area contributed by atoms with Gasteiger partial charge >= 0.3 is 6.09 Å². The summed E-state index contributed by atoms with van der Waals surface area (Å²) in [5.74, 6) is 1.36. The third-order valence-electron chi connectivity index (χ3n) is 4.65. The third kappa shape index (κ3) is 4.38. The first-order chi connectivity index (χ1) is 12.5. The van der Waals surface area contributed by atoms with E-state index in [1.165, 1.54) is 4.90 Å². The SMILES string of the molecule is Cc1nc(NCc2ccccn2)nc(NC2CCN(C(=O)O)CC2)c1C. The normalized spacial score (nSPS) is 14.9. The second kappa shape index (κ2) is 7.99. The summed E-state index contributed by atoms with van der Waals surface area (Å²) in [4.78, 5) is 25.9. The number of aryl methyl sites for hydroxylation is 1. The smallest absolute Gasteiger partial charge is 0.407 e. The quantitative estimate of drug-likeness (QED) is 0.756. The molecule has 1 aliphatic rings. The van der Waals surface area contributed by atoms with Crippen molar-refractivity contribution in [2.45, 2.75) is 39.3 Å². The van der Waals surface area contributed by atoms with E-state index in [9.17, 15) is 4.79 Å². The summed E-state index contributed by atoms with van der Waals surface area (Å²) in [6.45, 7) is 5.59. The lowest BCUT2D eigenvalue weighted by atomic mass is 10.1. The van der Waals surface area contributed by atoms with Crippen molar-refractivity contribution in [1.82, 2.24) is 19.9 Å². The minimum atomic E-state index is -0.849. The monoisotopic (exact) mass is 356 g/mol. The minimum Gasteiger partial charge on any atom is -0.465 e. The van der Waals surface area contributed by atoms with Crippen LogP contribution in [0.15, 0.2) is 24.4 Å². The van der Waals surface area contributed by atoms with E-state index in [0.717, 1.165) is 35.6 Å². The Bertz CT molecular complexity index is 760. The van der Waals surface area contributed by atoms with Crippen molar-refractivity contribution in [3.8, 4) is 0 Å². The average Bonchev–Trinajstić information content (AvgIpc) is 2.65. The van der Waals surface area contributed by atoms with Crippen LogP contribution in [0.1, 0.15) is 29.8 Å². The van der Waals surface area contributed by atoms with E-state index in [1.807, 2.05) is 32.0 Å². The number of rotatable bonds is 5. The lowest BCUT2D eigenvalue weighted by Gasteiger charge is -2.31. The van der Waals surface area contributed by atoms with Crippen LogP contribution in [0.3, 0.4) is 0 Å². The van der Waals surface area contributed by atoms with E-state index in [-0.39, 0.29) is 6.04 Å². The van der Waals surface area contributed by atoms with Crippen LogP contribution in [-0.4, -0.2) is 50.2 Å². The van der Waals surface area contributed by atoms with Gasteiger partial charge in [-0.05, 0) is 38.8 Å². The van der Waals surface area contributed by atoms with E-state index < -0.39 is 6.09 Å². The highest BCUT2D eigenvalue weighted by Crippen LogP contribution is 2.21. The molecule has 3 N–H and O–H groups in total. The number of nitrogens with zero attached hydrogens (tertiary/aromatic N) is 4. The number of hydrogen-bond acceptors (Lipinski definition) is 6. The van der Waals surface area contributed by atoms with E-state index in [4.69, 9.17) is 5.11 Å². The number of carboxylic acid groups (broad SMARTS) is 1. The molecule has 0 spiro atoms. The Morgan fingerprint density at radius 2 is 2.04 bits per heavy atom. The lowest BCUT2D eigenvalue weighted by molar-refractivity contribution is 0.133. The van der Waals surface area contributed by atoms with Gasteiger partial charge in [0.1, 0.15) is 5.82 Å². The maximum absolute atomic E-state index is 11.0. The molecule has 0 unspecified atom stereocenters. The Labute approximate surface area is 152 Å². The second-order valence-corrected chi connectivity index (χ2v) is 6.47. The molecule has 3 heterocycles. The van der Waals surface area contributed by atoms with Gasteiger partial charge in [-0.15, -0.1) is 0 Å². The highest BCUT2D eigenvalue weighted by atomic mass is 16.4. The summed E-state index contributed by atoms with van der Waals surface area (Å²) in [5, 5.41) is 15.7. The van der Waals surface area contributed by atoms with Crippen molar-refractivity contribution in [2.24, 2.45) is 0 Å². The predicted octanol–water partition coefficient (Wildman–Crippen LogP) is 2.65. The molecule has 1 aliphatic heterocycles. The average molecular weight is 356 g/mol. The Hall–Kier alpha value is -2.90. The van der Waals surface area contributed by atoms with Crippen LogP contribution < -0.4 is 10.6 Å². The number of likely N-dealkylation sites (tertiary alicyclic amines) is 1. The van der Waals surface area contributed by atoms with Crippen LogP contribution in [0.4, 0.5) is 16.6 Å². The summed E-state index contributed by atoms with van der Waals surface area (Å²) in [6, 6.07) is 5.99. The molecule has 8 heteroatoms. The molecule has 0 aliphatic carbocycles. The standard InChI is InChI=1S/C18H24N6O2/c1-12-13(2)21-17(20-11-15-5-3-4-8-19-15)23-16(12)22-14-6-9-24(10-7-14)18(25)26/h3-5,8,14H,6-7,9-11H2,1-2H3,(H,25,26)(H2,20,21,22,23). The van der Waals surface area contributed by atoms with Crippen molar-refractivity contribution in [3.05, 3.63) is 41.3 Å². The summed E-state index contributed by atoms with van der Waals surface area (Å²) in [5.41, 5.74) is 2.84. The molecule has 2 aromatic heterocycles. The molecule has 0 saturated carbocycles. The van der Waals surface area contributed by atoms with Gasteiger partial charge in [-0.25, -0.2) is 9.78 Å². The van der Waals surface area contributed by atoms with Gasteiger partial charge in [0.25, 0.3) is 0 Å². The highest BCUT2D eigenvalue weighted by molar-refractivity contribution is 5.65. The van der Waals surface area contributed by atoms with Crippen molar-refractivity contribution >= 4 is 17.9 Å². The fourth-order valence-electron chi connectivity index (χ4n) is 2.93. The van der Waals surface area contributed by atoms with Crippen LogP contribution in [0.2, 0.25) is 0 Å². The van der Waals surface area contributed by atoms with Crippen LogP contribution in [-0.2, 0) is 6.54 Å². The first kappa shape index (κ1) is 17.9. The largest absolute Gasteiger partial charge is 0.465 e. The van der Waals surface area contributed by atoms with Gasteiger partial charge in [0.05, 0.1) is 12.2 Å². The Balaban J connectivity index is 1.65. The maximum Gasteiger partial charge on any atom is 0.407 e. The lowest BCUT2D eigenvalue weighted by Crippen LogP contribution is -2.41. The molecule has 1 fully saturated rings.